The van der Waals surface area contributed by atoms with Crippen LogP contribution < -0.4 is 4.90 Å². The van der Waals surface area contributed by atoms with E-state index >= 15 is 0 Å². The van der Waals surface area contributed by atoms with E-state index in [1.54, 1.807) is 11.8 Å². The Bertz CT molecular complexity index is 886. The molecule has 2 heterocycles. The lowest BCUT2D eigenvalue weighted by atomic mass is 9.91. The van der Waals surface area contributed by atoms with Crippen LogP contribution in [0.4, 0.5) is 5.95 Å². The molecule has 3 aromatic rings. The fourth-order valence-electron chi connectivity index (χ4n) is 3.58. The molecule has 0 saturated heterocycles. The van der Waals surface area contributed by atoms with Crippen molar-refractivity contribution >= 4 is 11.9 Å². The van der Waals surface area contributed by atoms with Gasteiger partial charge in [0.05, 0.1) is 12.1 Å². The number of anilines is 1. The van der Waals surface area contributed by atoms with Crippen LogP contribution in [0.1, 0.15) is 42.1 Å². The third-order valence-corrected chi connectivity index (χ3v) is 4.81. The zero-order chi connectivity index (χ0) is 17.4. The van der Waals surface area contributed by atoms with Gasteiger partial charge in [-0.25, -0.2) is 4.68 Å². The highest BCUT2D eigenvalue weighted by Gasteiger charge is 2.37. The predicted octanol–water partition coefficient (Wildman–Crippen LogP) is 3.67. The standard InChI is InChI=1S/C20H20N4O/c1-14-8-10-17(11-9-14)19-12-18(16-6-4-3-5-7-16)23(15(2)25)20-21-13-22-24(19)20/h3-11,13,18-19H,12H2,1-2H3/t18-,19-/m0/s1. The molecule has 5 heteroatoms. The van der Waals surface area contributed by atoms with Gasteiger partial charge < -0.3 is 0 Å². The molecule has 0 unspecified atom stereocenters. The number of nitrogens with zero attached hydrogens (tertiary/aromatic N) is 4. The number of carbonyl (C=O) groups is 1. The van der Waals surface area contributed by atoms with Crippen molar-refractivity contribution in [3.8, 4) is 0 Å². The molecule has 4 rings (SSSR count). The molecular formula is C20H20N4O. The fourth-order valence-corrected chi connectivity index (χ4v) is 3.58. The Morgan fingerprint density at radius 1 is 1.00 bits per heavy atom. The van der Waals surface area contributed by atoms with E-state index < -0.39 is 0 Å². The minimum atomic E-state index is -0.0540. The molecule has 2 atom stereocenters. The molecule has 0 spiro atoms. The van der Waals surface area contributed by atoms with Gasteiger partial charge in [0.15, 0.2) is 0 Å². The van der Waals surface area contributed by atoms with Crippen molar-refractivity contribution in [2.24, 2.45) is 0 Å². The summed E-state index contributed by atoms with van der Waals surface area (Å²) in [4.78, 5) is 18.5. The molecule has 0 saturated carbocycles. The quantitative estimate of drug-likeness (QED) is 0.719. The molecule has 2 aromatic carbocycles. The number of hydrogen-bond acceptors (Lipinski definition) is 3. The van der Waals surface area contributed by atoms with E-state index in [0.29, 0.717) is 5.95 Å². The number of rotatable bonds is 2. The van der Waals surface area contributed by atoms with Gasteiger partial charge in [-0.05, 0) is 24.5 Å². The molecule has 1 aliphatic heterocycles. The Balaban J connectivity index is 1.83. The van der Waals surface area contributed by atoms with Crippen molar-refractivity contribution < 1.29 is 4.79 Å². The molecule has 0 N–H and O–H groups in total. The van der Waals surface area contributed by atoms with Crippen LogP contribution in [-0.2, 0) is 4.79 Å². The fraction of sp³-hybridized carbons (Fsp3) is 0.250. The minimum Gasteiger partial charge on any atom is -0.275 e. The number of carbonyl (C=O) groups excluding carboxylic acids is 1. The van der Waals surface area contributed by atoms with Crippen LogP contribution in [0.15, 0.2) is 60.9 Å². The van der Waals surface area contributed by atoms with Gasteiger partial charge >= 0.3 is 0 Å². The molecule has 0 radical (unpaired) electrons. The average Bonchev–Trinajstić information content (AvgIpc) is 3.11. The lowest BCUT2D eigenvalue weighted by molar-refractivity contribution is -0.117. The largest absolute Gasteiger partial charge is 0.275 e. The lowest BCUT2D eigenvalue weighted by Crippen LogP contribution is -2.41. The summed E-state index contributed by atoms with van der Waals surface area (Å²) in [5.41, 5.74) is 3.52. The van der Waals surface area contributed by atoms with Gasteiger partial charge in [-0.1, -0.05) is 60.2 Å². The summed E-state index contributed by atoms with van der Waals surface area (Å²) >= 11 is 0. The van der Waals surface area contributed by atoms with E-state index in [1.165, 1.54) is 17.5 Å². The topological polar surface area (TPSA) is 51.0 Å². The van der Waals surface area contributed by atoms with E-state index in [9.17, 15) is 4.79 Å². The number of fused-ring (bicyclic) bond motifs is 1. The maximum Gasteiger partial charge on any atom is 0.231 e. The minimum absolute atomic E-state index is 0.0227. The normalized spacial score (nSPS) is 19.5. The Morgan fingerprint density at radius 2 is 1.68 bits per heavy atom. The van der Waals surface area contributed by atoms with E-state index in [4.69, 9.17) is 0 Å². The van der Waals surface area contributed by atoms with Crippen molar-refractivity contribution in [2.75, 3.05) is 4.90 Å². The Kier molecular flexibility index (Phi) is 3.84. The maximum atomic E-state index is 12.4. The van der Waals surface area contributed by atoms with Gasteiger partial charge in [0, 0.05) is 6.92 Å². The molecule has 25 heavy (non-hydrogen) atoms. The SMILES string of the molecule is CC(=O)N1c2ncnn2[C@H](c2ccc(C)cc2)C[C@H]1c1ccccc1. The second-order valence-electron chi connectivity index (χ2n) is 6.48. The third-order valence-electron chi connectivity index (χ3n) is 4.81. The summed E-state index contributed by atoms with van der Waals surface area (Å²) < 4.78 is 1.87. The van der Waals surface area contributed by atoms with Crippen molar-refractivity contribution in [3.63, 3.8) is 0 Å². The van der Waals surface area contributed by atoms with E-state index in [-0.39, 0.29) is 18.0 Å². The summed E-state index contributed by atoms with van der Waals surface area (Å²) in [7, 11) is 0. The third kappa shape index (κ3) is 2.71. The molecule has 1 aromatic heterocycles. The van der Waals surface area contributed by atoms with Crippen molar-refractivity contribution in [3.05, 3.63) is 77.6 Å². The van der Waals surface area contributed by atoms with Crippen LogP contribution in [0.2, 0.25) is 0 Å². The van der Waals surface area contributed by atoms with Crippen LogP contribution in [0.3, 0.4) is 0 Å². The van der Waals surface area contributed by atoms with Gasteiger partial charge in [0.2, 0.25) is 11.9 Å². The molecule has 126 valence electrons. The number of aromatic nitrogens is 3. The number of hydrogen-bond donors (Lipinski definition) is 0. The van der Waals surface area contributed by atoms with Crippen LogP contribution >= 0.6 is 0 Å². The van der Waals surface area contributed by atoms with Crippen LogP contribution in [-0.4, -0.2) is 20.7 Å². The molecule has 0 fully saturated rings. The lowest BCUT2D eigenvalue weighted by Gasteiger charge is -2.38. The van der Waals surface area contributed by atoms with Gasteiger partial charge in [0.1, 0.15) is 6.33 Å². The molecule has 5 nitrogen and oxygen atoms in total. The monoisotopic (exact) mass is 332 g/mol. The average molecular weight is 332 g/mol. The molecule has 0 aliphatic carbocycles. The van der Waals surface area contributed by atoms with E-state index in [0.717, 1.165) is 12.0 Å². The molecule has 0 bridgehead atoms. The smallest absolute Gasteiger partial charge is 0.231 e. The summed E-state index contributed by atoms with van der Waals surface area (Å²) in [6, 6.07) is 18.6. The first-order valence-electron chi connectivity index (χ1n) is 8.46. The Hall–Kier alpha value is -2.95. The highest BCUT2D eigenvalue weighted by molar-refractivity contribution is 5.90. The highest BCUT2D eigenvalue weighted by atomic mass is 16.2. The van der Waals surface area contributed by atoms with Crippen LogP contribution in [0, 0.1) is 6.92 Å². The molecule has 1 amide bonds. The van der Waals surface area contributed by atoms with E-state index in [1.807, 2.05) is 22.9 Å². The zero-order valence-corrected chi connectivity index (χ0v) is 14.3. The van der Waals surface area contributed by atoms with Gasteiger partial charge in [0.25, 0.3) is 0 Å². The molecular weight excluding hydrogens is 312 g/mol. The molecule has 1 aliphatic rings. The summed E-state index contributed by atoms with van der Waals surface area (Å²) in [6.45, 7) is 3.66. The Morgan fingerprint density at radius 3 is 2.36 bits per heavy atom. The second kappa shape index (κ2) is 6.16. The van der Waals surface area contributed by atoms with Crippen LogP contribution in [0.5, 0.6) is 0 Å². The van der Waals surface area contributed by atoms with Crippen molar-refractivity contribution in [1.82, 2.24) is 14.8 Å². The first-order valence-corrected chi connectivity index (χ1v) is 8.46. The summed E-state index contributed by atoms with van der Waals surface area (Å²) in [6.07, 6.45) is 2.29. The van der Waals surface area contributed by atoms with Crippen molar-refractivity contribution in [1.29, 1.82) is 0 Å². The zero-order valence-electron chi connectivity index (χ0n) is 14.3. The second-order valence-corrected chi connectivity index (χ2v) is 6.48. The maximum absolute atomic E-state index is 12.4. The van der Waals surface area contributed by atoms with Crippen molar-refractivity contribution in [2.45, 2.75) is 32.4 Å². The van der Waals surface area contributed by atoms with Gasteiger partial charge in [-0.2, -0.15) is 10.1 Å². The number of aryl methyl sites for hydroxylation is 1. The first kappa shape index (κ1) is 15.6. The predicted molar refractivity (Wildman–Crippen MR) is 96.3 cm³/mol. The van der Waals surface area contributed by atoms with Gasteiger partial charge in [-0.3, -0.25) is 9.69 Å². The van der Waals surface area contributed by atoms with E-state index in [2.05, 4.69) is 53.4 Å². The summed E-state index contributed by atoms with van der Waals surface area (Å²) in [5, 5.41) is 4.41. The van der Waals surface area contributed by atoms with Crippen LogP contribution in [0.25, 0.3) is 0 Å². The highest BCUT2D eigenvalue weighted by Crippen LogP contribution is 2.41. The van der Waals surface area contributed by atoms with Gasteiger partial charge in [-0.15, -0.1) is 0 Å². The first-order chi connectivity index (χ1) is 12.1. The summed E-state index contributed by atoms with van der Waals surface area (Å²) in [5.74, 6) is 0.587. The number of amides is 1. The number of benzene rings is 2. The Labute approximate surface area is 146 Å².